The van der Waals surface area contributed by atoms with Crippen LogP contribution in [0.4, 0.5) is 5.82 Å². The van der Waals surface area contributed by atoms with E-state index in [0.717, 1.165) is 77.1 Å². The van der Waals surface area contributed by atoms with E-state index in [0.29, 0.717) is 31.1 Å². The molecule has 43 heavy (non-hydrogen) atoms. The third kappa shape index (κ3) is 5.75. The molecule has 1 N–H and O–H groups in total. The van der Waals surface area contributed by atoms with Gasteiger partial charge in [-0.25, -0.2) is 14.8 Å². The molecular formula is C31H29N7O4S. The van der Waals surface area contributed by atoms with Crippen molar-refractivity contribution < 1.29 is 19.4 Å². The molecule has 12 heteroatoms. The molecule has 3 aromatic heterocycles. The second kappa shape index (κ2) is 11.6. The number of hydrogen-bond acceptors (Lipinski definition) is 10. The molecule has 2 aliphatic rings. The molecule has 11 nitrogen and oxygen atoms in total. The highest BCUT2D eigenvalue weighted by atomic mass is 32.1. The van der Waals surface area contributed by atoms with Crippen LogP contribution in [0.3, 0.4) is 0 Å². The molecule has 2 aromatic carbocycles. The van der Waals surface area contributed by atoms with Gasteiger partial charge in [-0.15, -0.1) is 11.3 Å². The number of nitrogens with zero attached hydrogens (tertiary/aromatic N) is 7. The maximum Gasteiger partial charge on any atom is 0.335 e. The van der Waals surface area contributed by atoms with Gasteiger partial charge in [0.25, 0.3) is 0 Å². The summed E-state index contributed by atoms with van der Waals surface area (Å²) < 4.78 is 14.8. The van der Waals surface area contributed by atoms with Gasteiger partial charge in [-0.1, -0.05) is 6.07 Å². The van der Waals surface area contributed by atoms with Crippen molar-refractivity contribution in [1.29, 1.82) is 5.26 Å². The predicted octanol–water partition coefficient (Wildman–Crippen LogP) is 4.30. The number of benzene rings is 2. The predicted molar refractivity (Wildman–Crippen MR) is 161 cm³/mol. The maximum atomic E-state index is 11.6. The molecular weight excluding hydrogens is 566 g/mol. The normalized spacial score (nSPS) is 17.2. The van der Waals surface area contributed by atoms with E-state index in [-0.39, 0.29) is 11.7 Å². The van der Waals surface area contributed by atoms with Crippen LogP contribution in [0, 0.1) is 11.3 Å². The summed E-state index contributed by atoms with van der Waals surface area (Å²) in [5.74, 6) is 1.40. The van der Waals surface area contributed by atoms with E-state index in [4.69, 9.17) is 24.7 Å². The lowest BCUT2D eigenvalue weighted by atomic mass is 10.1. The zero-order valence-corrected chi connectivity index (χ0v) is 24.2. The van der Waals surface area contributed by atoms with Gasteiger partial charge in [0, 0.05) is 38.9 Å². The molecule has 0 amide bonds. The summed E-state index contributed by atoms with van der Waals surface area (Å²) >= 11 is 1.55. The van der Waals surface area contributed by atoms with Crippen LogP contribution in [0.15, 0.2) is 54.6 Å². The first-order valence-corrected chi connectivity index (χ1v) is 15.0. The van der Waals surface area contributed by atoms with Crippen molar-refractivity contribution in [2.45, 2.75) is 32.2 Å². The van der Waals surface area contributed by atoms with Gasteiger partial charge in [0.15, 0.2) is 0 Å². The molecule has 1 unspecified atom stereocenters. The topological polar surface area (TPSA) is 130 Å². The van der Waals surface area contributed by atoms with Crippen LogP contribution < -0.4 is 9.64 Å². The fourth-order valence-electron chi connectivity index (χ4n) is 5.50. The van der Waals surface area contributed by atoms with Gasteiger partial charge in [0.2, 0.25) is 5.88 Å². The van der Waals surface area contributed by atoms with Gasteiger partial charge < -0.3 is 24.0 Å². The highest BCUT2D eigenvalue weighted by Gasteiger charge is 2.25. The summed E-state index contributed by atoms with van der Waals surface area (Å²) in [6, 6.07) is 18.6. The highest BCUT2D eigenvalue weighted by molar-refractivity contribution is 7.18. The lowest BCUT2D eigenvalue weighted by Crippen LogP contribution is -2.46. The van der Waals surface area contributed by atoms with E-state index in [2.05, 4.69) is 25.4 Å². The Morgan fingerprint density at radius 2 is 1.93 bits per heavy atom. The number of aromatic carboxylic acids is 1. The number of piperazine rings is 1. The van der Waals surface area contributed by atoms with Crippen molar-refractivity contribution in [3.63, 3.8) is 0 Å². The first-order valence-electron chi connectivity index (χ1n) is 14.2. The fourth-order valence-corrected chi connectivity index (χ4v) is 6.36. The monoisotopic (exact) mass is 595 g/mol. The Morgan fingerprint density at radius 3 is 2.70 bits per heavy atom. The zero-order valence-electron chi connectivity index (χ0n) is 23.3. The Hall–Kier alpha value is -4.57. The van der Waals surface area contributed by atoms with E-state index < -0.39 is 5.97 Å². The number of nitriles is 1. The number of ether oxygens (including phenoxy) is 2. The summed E-state index contributed by atoms with van der Waals surface area (Å²) in [4.78, 5) is 30.5. The number of hydrogen-bond donors (Lipinski definition) is 1. The van der Waals surface area contributed by atoms with E-state index in [1.54, 1.807) is 41.7 Å². The van der Waals surface area contributed by atoms with Crippen LogP contribution in [-0.2, 0) is 24.4 Å². The first-order chi connectivity index (χ1) is 21.0. The largest absolute Gasteiger partial charge is 0.478 e. The molecule has 7 rings (SSSR count). The van der Waals surface area contributed by atoms with Crippen molar-refractivity contribution in [3.05, 3.63) is 76.6 Å². The minimum Gasteiger partial charge on any atom is -0.478 e. The van der Waals surface area contributed by atoms with Crippen LogP contribution in [0.1, 0.15) is 33.2 Å². The van der Waals surface area contributed by atoms with Crippen LogP contribution in [0.25, 0.3) is 21.3 Å². The molecule has 0 saturated carbocycles. The Kier molecular flexibility index (Phi) is 7.36. The number of carboxylic acids is 1. The van der Waals surface area contributed by atoms with Crippen LogP contribution in [0.5, 0.6) is 5.88 Å². The lowest BCUT2D eigenvalue weighted by molar-refractivity contribution is -0.0592. The van der Waals surface area contributed by atoms with Crippen LogP contribution in [-0.4, -0.2) is 74.4 Å². The number of anilines is 1. The molecule has 0 bridgehead atoms. The Morgan fingerprint density at radius 1 is 1.07 bits per heavy atom. The zero-order chi connectivity index (χ0) is 29.3. The number of rotatable bonds is 9. The van der Waals surface area contributed by atoms with Crippen molar-refractivity contribution in [2.75, 3.05) is 37.7 Å². The molecule has 218 valence electrons. The Labute approximate surface area is 251 Å². The molecule has 1 atom stereocenters. The molecule has 0 aliphatic carbocycles. The van der Waals surface area contributed by atoms with Gasteiger partial charge in [-0.3, -0.25) is 4.90 Å². The summed E-state index contributed by atoms with van der Waals surface area (Å²) in [5, 5.41) is 19.5. The standard InChI is InChI=1S/C31H29N7O4S/c32-16-20-4-7-26-24(14-20)34-30(43-26)19-42-29-3-1-2-27(35-29)37-11-9-36(10-12-37)18-28-33-23-6-5-21(31(39)40)15-25(23)38(28)17-22-8-13-41-22/h1-7,14-15,22H,8-13,17-19H2,(H,39,40). The maximum absolute atomic E-state index is 11.6. The van der Waals surface area contributed by atoms with Gasteiger partial charge in [-0.05, 0) is 48.9 Å². The third-order valence-electron chi connectivity index (χ3n) is 7.93. The van der Waals surface area contributed by atoms with Crippen molar-refractivity contribution in [2.24, 2.45) is 0 Å². The minimum absolute atomic E-state index is 0.133. The second-order valence-electron chi connectivity index (χ2n) is 10.7. The Bertz CT molecular complexity index is 1850. The molecule has 2 aliphatic heterocycles. The minimum atomic E-state index is -0.942. The first kappa shape index (κ1) is 27.3. The number of pyridine rings is 1. The van der Waals surface area contributed by atoms with Crippen molar-refractivity contribution >= 4 is 44.4 Å². The molecule has 2 saturated heterocycles. The summed E-state index contributed by atoms with van der Waals surface area (Å²) in [7, 11) is 0. The number of thiazole rings is 1. The Balaban J connectivity index is 0.996. The number of imidazole rings is 1. The molecule has 0 spiro atoms. The average Bonchev–Trinajstić information content (AvgIpc) is 3.57. The number of carboxylic acid groups (broad SMARTS) is 1. The average molecular weight is 596 g/mol. The SMILES string of the molecule is N#Cc1ccc2sc(COc3cccc(N4CCN(Cc5nc6ccc(C(=O)O)cc6n5CC5CCO5)CC4)n3)nc2c1. The smallest absolute Gasteiger partial charge is 0.335 e. The molecule has 5 heterocycles. The summed E-state index contributed by atoms with van der Waals surface area (Å²) in [5.41, 5.74) is 3.30. The van der Waals surface area contributed by atoms with Crippen LogP contribution >= 0.6 is 11.3 Å². The van der Waals surface area contributed by atoms with Crippen LogP contribution in [0.2, 0.25) is 0 Å². The van der Waals surface area contributed by atoms with Gasteiger partial charge in [0.1, 0.15) is 23.3 Å². The highest BCUT2D eigenvalue weighted by Crippen LogP contribution is 2.26. The summed E-state index contributed by atoms with van der Waals surface area (Å²) in [6.07, 6.45) is 1.13. The van der Waals surface area contributed by atoms with Crippen molar-refractivity contribution in [3.8, 4) is 11.9 Å². The lowest BCUT2D eigenvalue weighted by Gasteiger charge is -2.35. The number of aromatic nitrogens is 4. The van der Waals surface area contributed by atoms with E-state index in [1.165, 1.54) is 0 Å². The summed E-state index contributed by atoms with van der Waals surface area (Å²) in [6.45, 7) is 5.72. The second-order valence-corrected chi connectivity index (χ2v) is 11.8. The van der Waals surface area contributed by atoms with Gasteiger partial charge in [-0.2, -0.15) is 10.2 Å². The van der Waals surface area contributed by atoms with Gasteiger partial charge in [0.05, 0.1) is 57.6 Å². The number of carbonyl (C=O) groups is 1. The molecule has 5 aromatic rings. The van der Waals surface area contributed by atoms with E-state index in [1.807, 2.05) is 24.3 Å². The fraction of sp³-hybridized carbons (Fsp3) is 0.323. The third-order valence-corrected chi connectivity index (χ3v) is 8.94. The van der Waals surface area contributed by atoms with E-state index in [9.17, 15) is 9.90 Å². The quantitative estimate of drug-likeness (QED) is 0.263. The van der Waals surface area contributed by atoms with Gasteiger partial charge >= 0.3 is 5.97 Å². The number of fused-ring (bicyclic) bond motifs is 2. The van der Waals surface area contributed by atoms with E-state index >= 15 is 0 Å². The molecule has 0 radical (unpaired) electrons. The molecule has 2 fully saturated rings. The van der Waals surface area contributed by atoms with Crippen molar-refractivity contribution in [1.82, 2.24) is 24.4 Å².